The van der Waals surface area contributed by atoms with Crippen LogP contribution < -0.4 is 10.6 Å². The fraction of sp³-hybridized carbons (Fsp3) is 0.357. The van der Waals surface area contributed by atoms with Gasteiger partial charge in [-0.15, -0.1) is 0 Å². The van der Waals surface area contributed by atoms with Crippen molar-refractivity contribution in [3.8, 4) is 0 Å². The first-order valence-corrected chi connectivity index (χ1v) is 7.30. The number of hydrogen-bond acceptors (Lipinski definition) is 4. The summed E-state index contributed by atoms with van der Waals surface area (Å²) in [5.41, 5.74) is 9.07. The van der Waals surface area contributed by atoms with Crippen molar-refractivity contribution < 1.29 is 0 Å². The van der Waals surface area contributed by atoms with E-state index in [1.165, 1.54) is 11.4 Å². The molecule has 3 rings (SSSR count). The molecule has 4 heteroatoms. The van der Waals surface area contributed by atoms with E-state index in [0.29, 0.717) is 5.25 Å². The standard InChI is InChI=1S/C14H17N3S/c1-10-9-17(7-8-18-10)13-5-4-12(15)11-3-2-6-16-14(11)13/h2-6,10H,7-9,15H2,1H3. The Labute approximate surface area is 111 Å². The molecular formula is C14H17N3S. The summed E-state index contributed by atoms with van der Waals surface area (Å²) < 4.78 is 0. The number of nitrogens with zero attached hydrogens (tertiary/aromatic N) is 2. The van der Waals surface area contributed by atoms with Gasteiger partial charge in [-0.05, 0) is 24.3 Å². The maximum Gasteiger partial charge on any atom is 0.0955 e. The number of nitrogens with two attached hydrogens (primary N) is 1. The van der Waals surface area contributed by atoms with Crippen molar-refractivity contribution in [2.45, 2.75) is 12.2 Å². The molecule has 2 N–H and O–H groups in total. The van der Waals surface area contributed by atoms with Gasteiger partial charge in [0.2, 0.25) is 0 Å². The van der Waals surface area contributed by atoms with Crippen LogP contribution in [-0.2, 0) is 0 Å². The lowest BCUT2D eigenvalue weighted by molar-refractivity contribution is 0.785. The van der Waals surface area contributed by atoms with Gasteiger partial charge < -0.3 is 10.6 Å². The van der Waals surface area contributed by atoms with Crippen molar-refractivity contribution in [2.75, 3.05) is 29.5 Å². The monoisotopic (exact) mass is 259 g/mol. The van der Waals surface area contributed by atoms with Gasteiger partial charge in [0.05, 0.1) is 11.2 Å². The topological polar surface area (TPSA) is 42.1 Å². The molecule has 1 aromatic carbocycles. The van der Waals surface area contributed by atoms with Crippen molar-refractivity contribution in [2.24, 2.45) is 0 Å². The first-order valence-electron chi connectivity index (χ1n) is 6.25. The van der Waals surface area contributed by atoms with E-state index in [0.717, 1.165) is 29.7 Å². The highest BCUT2D eigenvalue weighted by Gasteiger charge is 2.19. The minimum atomic E-state index is 0.676. The lowest BCUT2D eigenvalue weighted by Gasteiger charge is -2.33. The summed E-state index contributed by atoms with van der Waals surface area (Å²) in [6.07, 6.45) is 1.84. The van der Waals surface area contributed by atoms with Crippen molar-refractivity contribution >= 4 is 34.0 Å². The molecule has 0 amide bonds. The second kappa shape index (κ2) is 4.69. The van der Waals surface area contributed by atoms with Crippen LogP contribution in [0.15, 0.2) is 30.5 Å². The molecule has 1 atom stereocenters. The van der Waals surface area contributed by atoms with E-state index in [2.05, 4.69) is 22.9 Å². The Kier molecular flexibility index (Phi) is 3.04. The third-order valence-corrected chi connectivity index (χ3v) is 4.50. The van der Waals surface area contributed by atoms with Crippen molar-refractivity contribution in [3.63, 3.8) is 0 Å². The molecule has 3 nitrogen and oxygen atoms in total. The molecule has 94 valence electrons. The number of pyridine rings is 1. The molecule has 1 aliphatic rings. The van der Waals surface area contributed by atoms with Gasteiger partial charge in [-0.25, -0.2) is 0 Å². The van der Waals surface area contributed by atoms with Gasteiger partial charge in [0.15, 0.2) is 0 Å². The number of anilines is 2. The van der Waals surface area contributed by atoms with Crippen LogP contribution in [0.5, 0.6) is 0 Å². The normalized spacial score (nSPS) is 20.3. The molecule has 0 saturated carbocycles. The van der Waals surface area contributed by atoms with Crippen LogP contribution in [0.2, 0.25) is 0 Å². The zero-order chi connectivity index (χ0) is 12.5. The zero-order valence-corrected chi connectivity index (χ0v) is 11.3. The van der Waals surface area contributed by atoms with E-state index >= 15 is 0 Å². The van der Waals surface area contributed by atoms with E-state index in [1.807, 2.05) is 36.2 Å². The first kappa shape index (κ1) is 11.7. The minimum absolute atomic E-state index is 0.676. The molecule has 18 heavy (non-hydrogen) atoms. The molecular weight excluding hydrogens is 242 g/mol. The molecule has 1 aliphatic heterocycles. The number of hydrogen-bond donors (Lipinski definition) is 1. The Hall–Kier alpha value is -1.42. The molecule has 0 aliphatic carbocycles. The third kappa shape index (κ3) is 2.01. The molecule has 1 saturated heterocycles. The maximum atomic E-state index is 6.02. The zero-order valence-electron chi connectivity index (χ0n) is 10.5. The second-order valence-corrected chi connectivity index (χ2v) is 6.25. The van der Waals surface area contributed by atoms with Gasteiger partial charge in [0.1, 0.15) is 0 Å². The van der Waals surface area contributed by atoms with E-state index in [1.54, 1.807) is 0 Å². The Balaban J connectivity index is 2.09. The number of rotatable bonds is 1. The molecule has 1 unspecified atom stereocenters. The number of nitrogen functional groups attached to an aromatic ring is 1. The van der Waals surface area contributed by atoms with Gasteiger partial charge in [-0.3, -0.25) is 4.98 Å². The summed E-state index contributed by atoms with van der Waals surface area (Å²) in [5, 5.41) is 1.73. The van der Waals surface area contributed by atoms with Crippen LogP contribution in [0.1, 0.15) is 6.92 Å². The highest BCUT2D eigenvalue weighted by Crippen LogP contribution is 2.31. The average Bonchev–Trinajstić information content (AvgIpc) is 2.39. The summed E-state index contributed by atoms with van der Waals surface area (Å²) in [6.45, 7) is 4.45. The average molecular weight is 259 g/mol. The summed E-state index contributed by atoms with van der Waals surface area (Å²) in [4.78, 5) is 6.94. The van der Waals surface area contributed by atoms with E-state index in [4.69, 9.17) is 5.73 Å². The second-order valence-electron chi connectivity index (χ2n) is 4.70. The fourth-order valence-electron chi connectivity index (χ4n) is 2.47. The summed E-state index contributed by atoms with van der Waals surface area (Å²) >= 11 is 2.04. The van der Waals surface area contributed by atoms with Gasteiger partial charge in [0.25, 0.3) is 0 Å². The van der Waals surface area contributed by atoms with Crippen LogP contribution in [-0.4, -0.2) is 29.1 Å². The summed E-state index contributed by atoms with van der Waals surface area (Å²) in [7, 11) is 0. The molecule has 0 spiro atoms. The lowest BCUT2D eigenvalue weighted by atomic mass is 10.1. The summed E-state index contributed by atoms with van der Waals surface area (Å²) in [6, 6.07) is 8.08. The first-order chi connectivity index (χ1) is 8.75. The highest BCUT2D eigenvalue weighted by atomic mass is 32.2. The predicted octanol–water partition coefficient (Wildman–Crippen LogP) is 2.76. The highest BCUT2D eigenvalue weighted by molar-refractivity contribution is 8.00. The van der Waals surface area contributed by atoms with Gasteiger partial charge in [0, 0.05) is 41.4 Å². The quantitative estimate of drug-likeness (QED) is 0.800. The van der Waals surface area contributed by atoms with Crippen LogP contribution in [0, 0.1) is 0 Å². The van der Waals surface area contributed by atoms with Crippen LogP contribution >= 0.6 is 11.8 Å². The SMILES string of the molecule is CC1CN(c2ccc(N)c3cccnc23)CCS1. The van der Waals surface area contributed by atoms with Crippen molar-refractivity contribution in [1.82, 2.24) is 4.98 Å². The largest absolute Gasteiger partial charge is 0.398 e. The van der Waals surface area contributed by atoms with Gasteiger partial charge in [-0.1, -0.05) is 6.92 Å². The van der Waals surface area contributed by atoms with Crippen molar-refractivity contribution in [1.29, 1.82) is 0 Å². The van der Waals surface area contributed by atoms with Crippen LogP contribution in [0.3, 0.4) is 0 Å². The number of aromatic nitrogens is 1. The molecule has 0 bridgehead atoms. The number of benzene rings is 1. The number of fused-ring (bicyclic) bond motifs is 1. The maximum absolute atomic E-state index is 6.02. The fourth-order valence-corrected chi connectivity index (χ4v) is 3.49. The molecule has 2 aromatic rings. The van der Waals surface area contributed by atoms with Crippen molar-refractivity contribution in [3.05, 3.63) is 30.5 Å². The smallest absolute Gasteiger partial charge is 0.0955 e. The van der Waals surface area contributed by atoms with Gasteiger partial charge >= 0.3 is 0 Å². The van der Waals surface area contributed by atoms with E-state index < -0.39 is 0 Å². The Morgan fingerprint density at radius 1 is 1.39 bits per heavy atom. The predicted molar refractivity (Wildman–Crippen MR) is 80.3 cm³/mol. The van der Waals surface area contributed by atoms with E-state index in [9.17, 15) is 0 Å². The third-order valence-electron chi connectivity index (χ3n) is 3.36. The molecule has 0 radical (unpaired) electrons. The molecule has 1 fully saturated rings. The Bertz CT molecular complexity index is 570. The summed E-state index contributed by atoms with van der Waals surface area (Å²) in [5.74, 6) is 1.18. The lowest BCUT2D eigenvalue weighted by Crippen LogP contribution is -2.36. The van der Waals surface area contributed by atoms with E-state index in [-0.39, 0.29) is 0 Å². The number of thioether (sulfide) groups is 1. The molecule has 1 aromatic heterocycles. The van der Waals surface area contributed by atoms with Crippen LogP contribution in [0.4, 0.5) is 11.4 Å². The Morgan fingerprint density at radius 3 is 3.11 bits per heavy atom. The Morgan fingerprint density at radius 2 is 2.28 bits per heavy atom. The van der Waals surface area contributed by atoms with Gasteiger partial charge in [-0.2, -0.15) is 11.8 Å². The minimum Gasteiger partial charge on any atom is -0.398 e. The molecule has 2 heterocycles. The van der Waals surface area contributed by atoms with Crippen LogP contribution in [0.25, 0.3) is 10.9 Å².